The number of para-hydroxylation sites is 1. The third kappa shape index (κ3) is 3.38. The number of anilines is 1. The summed E-state index contributed by atoms with van der Waals surface area (Å²) in [6.07, 6.45) is 2.10. The maximum atomic E-state index is 12.4. The lowest BCUT2D eigenvalue weighted by molar-refractivity contribution is -0.115. The highest BCUT2D eigenvalue weighted by atomic mass is 32.2. The Balaban J connectivity index is 1.61. The van der Waals surface area contributed by atoms with Crippen LogP contribution in [-0.2, 0) is 21.3 Å². The number of nitrogens with zero attached hydrogens (tertiary/aromatic N) is 4. The van der Waals surface area contributed by atoms with Crippen molar-refractivity contribution in [2.75, 3.05) is 5.32 Å². The molecule has 1 saturated carbocycles. The molecule has 0 bridgehead atoms. The molecule has 116 valence electrons. The topological polar surface area (TPSA) is 89.8 Å². The zero-order valence-corrected chi connectivity index (χ0v) is 13.0. The van der Waals surface area contributed by atoms with E-state index >= 15 is 0 Å². The molecule has 0 radical (unpaired) electrons. The van der Waals surface area contributed by atoms with Crippen LogP contribution in [0.4, 0.5) is 5.69 Å². The second-order valence-electron chi connectivity index (χ2n) is 5.29. The Hall–Kier alpha value is -2.09. The summed E-state index contributed by atoms with van der Waals surface area (Å²) in [5, 5.41) is 13.6. The minimum Gasteiger partial charge on any atom is -0.325 e. The fourth-order valence-electron chi connectivity index (χ4n) is 2.05. The first-order valence-electron chi connectivity index (χ1n) is 7.15. The molecule has 0 aliphatic heterocycles. The maximum Gasteiger partial charge on any atom is 0.239 e. The van der Waals surface area contributed by atoms with Gasteiger partial charge in [0, 0.05) is 16.5 Å². The Morgan fingerprint density at radius 2 is 2.14 bits per heavy atom. The van der Waals surface area contributed by atoms with Crippen LogP contribution in [0.15, 0.2) is 30.3 Å². The quantitative estimate of drug-likeness (QED) is 0.866. The molecule has 1 N–H and O–H groups in total. The van der Waals surface area contributed by atoms with Gasteiger partial charge in [-0.15, -0.1) is 5.10 Å². The zero-order chi connectivity index (χ0) is 15.5. The van der Waals surface area contributed by atoms with Gasteiger partial charge in [0.15, 0.2) is 5.82 Å². The predicted molar refractivity (Wildman–Crippen MR) is 82.5 cm³/mol. The SMILES string of the molecule is C[C@H](C(=O)Nc1ccccc1)[S@@](=O)Cc1nnnn1C1CC1. The smallest absolute Gasteiger partial charge is 0.239 e. The van der Waals surface area contributed by atoms with Gasteiger partial charge in [0.2, 0.25) is 5.91 Å². The molecule has 7 nitrogen and oxygen atoms in total. The molecule has 1 fully saturated rings. The van der Waals surface area contributed by atoms with E-state index in [-0.39, 0.29) is 11.7 Å². The fourth-order valence-corrected chi connectivity index (χ4v) is 3.04. The Kier molecular flexibility index (Phi) is 4.28. The van der Waals surface area contributed by atoms with Gasteiger partial charge in [-0.3, -0.25) is 9.00 Å². The van der Waals surface area contributed by atoms with Crippen molar-refractivity contribution >= 4 is 22.4 Å². The number of tetrazole rings is 1. The average Bonchev–Trinajstić information content (AvgIpc) is 3.27. The molecule has 22 heavy (non-hydrogen) atoms. The van der Waals surface area contributed by atoms with Crippen LogP contribution in [0, 0.1) is 0 Å². The van der Waals surface area contributed by atoms with E-state index in [0.29, 0.717) is 17.6 Å². The second kappa shape index (κ2) is 6.35. The summed E-state index contributed by atoms with van der Waals surface area (Å²) in [4.78, 5) is 12.2. The first kappa shape index (κ1) is 14.8. The van der Waals surface area contributed by atoms with Crippen LogP contribution >= 0.6 is 0 Å². The van der Waals surface area contributed by atoms with E-state index in [1.165, 1.54) is 0 Å². The van der Waals surface area contributed by atoms with Crippen LogP contribution in [0.1, 0.15) is 31.6 Å². The molecule has 1 aliphatic rings. The number of hydrogen-bond acceptors (Lipinski definition) is 5. The second-order valence-corrected chi connectivity index (χ2v) is 7.05. The lowest BCUT2D eigenvalue weighted by atomic mass is 10.3. The molecule has 2 aromatic rings. The van der Waals surface area contributed by atoms with Crippen LogP contribution < -0.4 is 5.32 Å². The minimum atomic E-state index is -1.37. The van der Waals surface area contributed by atoms with Gasteiger partial charge in [-0.1, -0.05) is 18.2 Å². The summed E-state index contributed by atoms with van der Waals surface area (Å²) in [6.45, 7) is 1.65. The van der Waals surface area contributed by atoms with Gasteiger partial charge in [-0.25, -0.2) is 4.68 Å². The van der Waals surface area contributed by atoms with Crippen molar-refractivity contribution in [3.63, 3.8) is 0 Å². The molecule has 0 spiro atoms. The van der Waals surface area contributed by atoms with E-state index in [9.17, 15) is 9.00 Å². The Morgan fingerprint density at radius 3 is 2.82 bits per heavy atom. The summed E-state index contributed by atoms with van der Waals surface area (Å²) >= 11 is 0. The Bertz CT molecular complexity index is 684. The van der Waals surface area contributed by atoms with Crippen molar-refractivity contribution in [2.24, 2.45) is 0 Å². The first-order valence-corrected chi connectivity index (χ1v) is 8.53. The summed E-state index contributed by atoms with van der Waals surface area (Å²) in [5.41, 5.74) is 0.694. The first-order chi connectivity index (χ1) is 10.6. The third-order valence-electron chi connectivity index (χ3n) is 3.53. The number of hydrogen-bond donors (Lipinski definition) is 1. The Labute approximate surface area is 130 Å². The highest BCUT2D eigenvalue weighted by Crippen LogP contribution is 2.34. The number of nitrogens with one attached hydrogen (secondary N) is 1. The molecule has 1 aromatic heterocycles. The molecular weight excluding hydrogens is 302 g/mol. The van der Waals surface area contributed by atoms with Crippen LogP contribution in [0.3, 0.4) is 0 Å². The number of rotatable bonds is 6. The van der Waals surface area contributed by atoms with Crippen molar-refractivity contribution in [3.05, 3.63) is 36.2 Å². The van der Waals surface area contributed by atoms with Gasteiger partial charge in [-0.2, -0.15) is 0 Å². The monoisotopic (exact) mass is 319 g/mol. The van der Waals surface area contributed by atoms with Gasteiger partial charge in [0.1, 0.15) is 5.25 Å². The standard InChI is InChI=1S/C14H17N5O2S/c1-10(14(20)15-11-5-3-2-4-6-11)22(21)9-13-16-17-18-19(13)12-7-8-12/h2-6,10,12H,7-9H2,1H3,(H,15,20)/t10-,22+/m1/s1. The van der Waals surface area contributed by atoms with Crippen molar-refractivity contribution < 1.29 is 9.00 Å². The summed E-state index contributed by atoms with van der Waals surface area (Å²) in [7, 11) is -1.37. The van der Waals surface area contributed by atoms with Crippen LogP contribution in [-0.4, -0.2) is 35.6 Å². The van der Waals surface area contributed by atoms with E-state index in [0.717, 1.165) is 12.8 Å². The summed E-state index contributed by atoms with van der Waals surface area (Å²) in [5.74, 6) is 0.502. The molecule has 0 saturated heterocycles. The average molecular weight is 319 g/mol. The lowest BCUT2D eigenvalue weighted by Crippen LogP contribution is -2.30. The summed E-state index contributed by atoms with van der Waals surface area (Å²) < 4.78 is 14.1. The number of amides is 1. The maximum absolute atomic E-state index is 12.4. The summed E-state index contributed by atoms with van der Waals surface area (Å²) in [6, 6.07) is 9.45. The zero-order valence-electron chi connectivity index (χ0n) is 12.2. The molecule has 1 amide bonds. The van der Waals surface area contributed by atoms with Gasteiger partial charge in [0.05, 0.1) is 11.8 Å². The molecule has 1 aliphatic carbocycles. The van der Waals surface area contributed by atoms with E-state index in [1.54, 1.807) is 23.7 Å². The van der Waals surface area contributed by atoms with Crippen molar-refractivity contribution in [1.82, 2.24) is 20.2 Å². The number of aromatic nitrogens is 4. The van der Waals surface area contributed by atoms with Gasteiger partial charge >= 0.3 is 0 Å². The van der Waals surface area contributed by atoms with Gasteiger partial charge in [-0.05, 0) is 42.3 Å². The van der Waals surface area contributed by atoms with E-state index in [1.807, 2.05) is 18.2 Å². The lowest BCUT2D eigenvalue weighted by Gasteiger charge is -2.12. The van der Waals surface area contributed by atoms with E-state index in [4.69, 9.17) is 0 Å². The highest BCUT2D eigenvalue weighted by molar-refractivity contribution is 7.85. The molecule has 2 atom stereocenters. The fraction of sp³-hybridized carbons (Fsp3) is 0.429. The van der Waals surface area contributed by atoms with Crippen molar-refractivity contribution in [2.45, 2.75) is 36.8 Å². The van der Waals surface area contributed by atoms with Crippen molar-refractivity contribution in [1.29, 1.82) is 0 Å². The number of carbonyl (C=O) groups is 1. The van der Waals surface area contributed by atoms with Gasteiger partial charge < -0.3 is 5.32 Å². The van der Waals surface area contributed by atoms with E-state index in [2.05, 4.69) is 20.8 Å². The molecular formula is C14H17N5O2S. The predicted octanol–water partition coefficient (Wildman–Crippen LogP) is 1.28. The van der Waals surface area contributed by atoms with E-state index < -0.39 is 16.0 Å². The van der Waals surface area contributed by atoms with Crippen LogP contribution in [0.2, 0.25) is 0 Å². The Morgan fingerprint density at radius 1 is 1.41 bits per heavy atom. The molecule has 1 heterocycles. The van der Waals surface area contributed by atoms with Crippen LogP contribution in [0.25, 0.3) is 0 Å². The van der Waals surface area contributed by atoms with Crippen LogP contribution in [0.5, 0.6) is 0 Å². The largest absolute Gasteiger partial charge is 0.325 e. The third-order valence-corrected chi connectivity index (χ3v) is 5.08. The molecule has 0 unspecified atom stereocenters. The number of benzene rings is 1. The molecule has 3 rings (SSSR count). The number of carbonyl (C=O) groups excluding carboxylic acids is 1. The normalized spacial score (nSPS) is 17.0. The minimum absolute atomic E-state index is 0.187. The van der Waals surface area contributed by atoms with Crippen molar-refractivity contribution in [3.8, 4) is 0 Å². The highest BCUT2D eigenvalue weighted by Gasteiger charge is 2.29. The molecule has 1 aromatic carbocycles. The van der Waals surface area contributed by atoms with Gasteiger partial charge in [0.25, 0.3) is 0 Å². The molecule has 8 heteroatoms.